The zero-order valence-electron chi connectivity index (χ0n) is 10.7. The van der Waals surface area contributed by atoms with Crippen molar-refractivity contribution < 1.29 is 9.94 Å². The molecule has 0 unspecified atom stereocenters. The van der Waals surface area contributed by atoms with Crippen molar-refractivity contribution in [2.45, 2.75) is 38.5 Å². The number of rotatable bonds is 4. The Balaban J connectivity index is 1.89. The van der Waals surface area contributed by atoms with E-state index in [9.17, 15) is 5.21 Å². The van der Waals surface area contributed by atoms with Crippen LogP contribution in [-0.4, -0.2) is 29.7 Å². The summed E-state index contributed by atoms with van der Waals surface area (Å²) in [5, 5.41) is 9.77. The molecule has 0 radical (unpaired) electrons. The minimum absolute atomic E-state index is 0.513. The molecule has 1 aromatic rings. The molecule has 17 heavy (non-hydrogen) atoms. The van der Waals surface area contributed by atoms with Gasteiger partial charge in [0.25, 0.3) is 0 Å². The fourth-order valence-electron chi connectivity index (χ4n) is 2.60. The highest BCUT2D eigenvalue weighted by Crippen LogP contribution is 2.25. The van der Waals surface area contributed by atoms with E-state index in [1.54, 1.807) is 6.20 Å². The molecule has 3 heteroatoms. The molecule has 1 aliphatic rings. The quantitative estimate of drug-likeness (QED) is 0.640. The molecule has 0 atom stereocenters. The molecule has 1 N–H and O–H groups in total. The fourth-order valence-corrected chi connectivity index (χ4v) is 2.60. The Morgan fingerprint density at radius 3 is 2.76 bits per heavy atom. The van der Waals surface area contributed by atoms with Gasteiger partial charge in [-0.05, 0) is 45.0 Å². The molecule has 2 heterocycles. The predicted molar refractivity (Wildman–Crippen MR) is 67.1 cm³/mol. The van der Waals surface area contributed by atoms with Crippen molar-refractivity contribution in [3.05, 3.63) is 30.1 Å². The summed E-state index contributed by atoms with van der Waals surface area (Å²) in [7, 11) is 0. The number of hydrogen-bond donors (Lipinski definition) is 1. The van der Waals surface area contributed by atoms with Crippen molar-refractivity contribution >= 4 is 0 Å². The van der Waals surface area contributed by atoms with Crippen molar-refractivity contribution in [1.82, 2.24) is 4.90 Å². The minimum Gasteiger partial charge on any atom is -0.303 e. The first kappa shape index (κ1) is 12.4. The Labute approximate surface area is 104 Å². The van der Waals surface area contributed by atoms with Gasteiger partial charge in [0.1, 0.15) is 0 Å². The normalized spacial score (nSPS) is 18.4. The first-order valence-corrected chi connectivity index (χ1v) is 6.73. The van der Waals surface area contributed by atoms with Crippen LogP contribution in [0.3, 0.4) is 0 Å². The molecule has 0 saturated carbocycles. The van der Waals surface area contributed by atoms with Gasteiger partial charge in [-0.25, -0.2) is 0 Å². The summed E-state index contributed by atoms with van der Waals surface area (Å²) in [5.41, 5.74) is 1.06. The molecule has 3 nitrogen and oxygen atoms in total. The third-order valence-corrected chi connectivity index (χ3v) is 3.70. The summed E-state index contributed by atoms with van der Waals surface area (Å²) in [6.07, 6.45) is 6.62. The van der Waals surface area contributed by atoms with E-state index < -0.39 is 0 Å². The molecule has 1 saturated heterocycles. The van der Waals surface area contributed by atoms with Crippen LogP contribution in [0, 0.1) is 0 Å². The lowest BCUT2D eigenvalue weighted by molar-refractivity contribution is -0.910. The first-order chi connectivity index (χ1) is 8.31. The molecule has 1 aliphatic heterocycles. The molecule has 94 valence electrons. The van der Waals surface area contributed by atoms with Gasteiger partial charge < -0.3 is 4.90 Å². The average molecular weight is 235 g/mol. The molecule has 0 aliphatic carbocycles. The third-order valence-electron chi connectivity index (χ3n) is 3.70. The lowest BCUT2D eigenvalue weighted by Crippen LogP contribution is -2.40. The van der Waals surface area contributed by atoms with Crippen molar-refractivity contribution in [3.8, 4) is 0 Å². The Hall–Kier alpha value is -1.09. The monoisotopic (exact) mass is 235 g/mol. The van der Waals surface area contributed by atoms with Crippen molar-refractivity contribution in [2.24, 2.45) is 0 Å². The van der Waals surface area contributed by atoms with E-state index in [4.69, 9.17) is 0 Å². The van der Waals surface area contributed by atoms with Crippen LogP contribution in [0.5, 0.6) is 0 Å². The highest BCUT2D eigenvalue weighted by molar-refractivity contribution is 5.04. The highest BCUT2D eigenvalue weighted by Gasteiger charge is 2.26. The largest absolute Gasteiger partial charge is 0.303 e. The SMILES string of the molecule is CCCCN1CCC(c2cccc[n+]2O)CC1. The number of hydrogen-bond acceptors (Lipinski definition) is 2. The second-order valence-corrected chi connectivity index (χ2v) is 4.94. The molecule has 0 amide bonds. The standard InChI is InChI=1S/C14H23N2O/c1-2-3-9-15-11-7-13(8-12-15)14-6-4-5-10-16(14)17/h4-6,10,13,17H,2-3,7-9,11-12H2,1H3/q+1. The maximum absolute atomic E-state index is 9.77. The zero-order chi connectivity index (χ0) is 12.1. The lowest BCUT2D eigenvalue weighted by Gasteiger charge is -2.30. The van der Waals surface area contributed by atoms with Crippen LogP contribution >= 0.6 is 0 Å². The number of aromatic nitrogens is 1. The Bertz CT molecular complexity index is 346. The topological polar surface area (TPSA) is 27.4 Å². The molecule has 1 aromatic heterocycles. The lowest BCUT2D eigenvalue weighted by atomic mass is 9.93. The van der Waals surface area contributed by atoms with Gasteiger partial charge in [0.15, 0.2) is 0 Å². The van der Waals surface area contributed by atoms with Gasteiger partial charge in [0, 0.05) is 16.9 Å². The summed E-state index contributed by atoms with van der Waals surface area (Å²) in [6.45, 7) is 5.81. The van der Waals surface area contributed by atoms with E-state index >= 15 is 0 Å². The Morgan fingerprint density at radius 2 is 2.12 bits per heavy atom. The highest BCUT2D eigenvalue weighted by atomic mass is 16.5. The second kappa shape index (κ2) is 6.01. The average Bonchev–Trinajstić information content (AvgIpc) is 2.38. The number of unbranched alkanes of at least 4 members (excludes halogenated alkanes) is 1. The van der Waals surface area contributed by atoms with Crippen LogP contribution < -0.4 is 4.73 Å². The number of nitrogens with zero attached hydrogens (tertiary/aromatic N) is 2. The molecular weight excluding hydrogens is 212 g/mol. The Kier molecular flexibility index (Phi) is 4.37. The van der Waals surface area contributed by atoms with Gasteiger partial charge in [0.05, 0.1) is 5.92 Å². The van der Waals surface area contributed by atoms with E-state index in [1.165, 1.54) is 37.2 Å². The fraction of sp³-hybridized carbons (Fsp3) is 0.643. The van der Waals surface area contributed by atoms with Crippen molar-refractivity contribution in [3.63, 3.8) is 0 Å². The molecule has 1 fully saturated rings. The van der Waals surface area contributed by atoms with E-state index in [1.807, 2.05) is 18.2 Å². The van der Waals surface area contributed by atoms with Crippen LogP contribution in [0.2, 0.25) is 0 Å². The molecule has 0 spiro atoms. The maximum Gasteiger partial charge on any atom is 0.237 e. The minimum atomic E-state index is 0.513. The zero-order valence-corrected chi connectivity index (χ0v) is 10.7. The van der Waals surface area contributed by atoms with Gasteiger partial charge >= 0.3 is 0 Å². The van der Waals surface area contributed by atoms with E-state index in [-0.39, 0.29) is 0 Å². The van der Waals surface area contributed by atoms with Crippen LogP contribution in [0.25, 0.3) is 0 Å². The molecule has 0 aromatic carbocycles. The summed E-state index contributed by atoms with van der Waals surface area (Å²) >= 11 is 0. The number of pyridine rings is 1. The number of likely N-dealkylation sites (tertiary alicyclic amines) is 1. The van der Waals surface area contributed by atoms with Crippen LogP contribution in [0.15, 0.2) is 24.4 Å². The molecular formula is C14H23N2O+. The summed E-state index contributed by atoms with van der Waals surface area (Å²) in [5.74, 6) is 0.513. The van der Waals surface area contributed by atoms with Crippen molar-refractivity contribution in [2.75, 3.05) is 19.6 Å². The van der Waals surface area contributed by atoms with Crippen LogP contribution in [0.4, 0.5) is 0 Å². The van der Waals surface area contributed by atoms with Gasteiger partial charge in [-0.3, -0.25) is 5.21 Å². The summed E-state index contributed by atoms with van der Waals surface area (Å²) in [4.78, 5) is 2.55. The third kappa shape index (κ3) is 3.19. The van der Waals surface area contributed by atoms with Gasteiger partial charge in [-0.15, -0.1) is 0 Å². The summed E-state index contributed by atoms with van der Waals surface area (Å²) < 4.78 is 1.28. The maximum atomic E-state index is 9.77. The van der Waals surface area contributed by atoms with Crippen LogP contribution in [-0.2, 0) is 0 Å². The second-order valence-electron chi connectivity index (χ2n) is 4.94. The molecule has 2 rings (SSSR count). The molecule has 0 bridgehead atoms. The predicted octanol–water partition coefficient (Wildman–Crippen LogP) is 2.19. The van der Waals surface area contributed by atoms with Crippen LogP contribution in [0.1, 0.15) is 44.2 Å². The Morgan fingerprint density at radius 1 is 1.35 bits per heavy atom. The van der Waals surface area contributed by atoms with Gasteiger partial charge in [-0.1, -0.05) is 13.3 Å². The smallest absolute Gasteiger partial charge is 0.237 e. The van der Waals surface area contributed by atoms with E-state index in [0.29, 0.717) is 5.92 Å². The van der Waals surface area contributed by atoms with Gasteiger partial charge in [0.2, 0.25) is 11.9 Å². The summed E-state index contributed by atoms with van der Waals surface area (Å²) in [6, 6.07) is 5.90. The van der Waals surface area contributed by atoms with E-state index in [2.05, 4.69) is 11.8 Å². The van der Waals surface area contributed by atoms with E-state index in [0.717, 1.165) is 18.5 Å². The van der Waals surface area contributed by atoms with Gasteiger partial charge in [-0.2, -0.15) is 0 Å². The van der Waals surface area contributed by atoms with Crippen molar-refractivity contribution in [1.29, 1.82) is 0 Å². The first-order valence-electron chi connectivity index (χ1n) is 6.73. The number of piperidine rings is 1.